The maximum atomic E-state index is 13.9. The van der Waals surface area contributed by atoms with Crippen molar-refractivity contribution in [2.75, 3.05) is 0 Å². The van der Waals surface area contributed by atoms with Crippen LogP contribution in [0.1, 0.15) is 52.9 Å². The van der Waals surface area contributed by atoms with Gasteiger partial charge in [0.25, 0.3) is 0 Å². The Balaban J connectivity index is 2.13. The van der Waals surface area contributed by atoms with Gasteiger partial charge < -0.3 is 15.7 Å². The maximum absolute atomic E-state index is 13.9. The number of aliphatic hydroxyl groups is 1. The fraction of sp³-hybridized carbons (Fsp3) is 0.364. The second-order valence-corrected chi connectivity index (χ2v) is 7.87. The van der Waals surface area contributed by atoms with Crippen LogP contribution in [0.5, 0.6) is 0 Å². The number of urea groups is 1. The summed E-state index contributed by atoms with van der Waals surface area (Å²) in [5.74, 6) is -2.76. The van der Waals surface area contributed by atoms with E-state index in [4.69, 9.17) is 0 Å². The van der Waals surface area contributed by atoms with Gasteiger partial charge in [0.1, 0.15) is 5.92 Å². The van der Waals surface area contributed by atoms with Crippen LogP contribution < -0.4 is 10.6 Å². The highest BCUT2D eigenvalue weighted by atomic mass is 19.4. The Kier molecular flexibility index (Phi) is 5.64. The van der Waals surface area contributed by atoms with Crippen molar-refractivity contribution in [2.45, 2.75) is 44.6 Å². The van der Waals surface area contributed by atoms with E-state index in [9.17, 15) is 27.9 Å². The summed E-state index contributed by atoms with van der Waals surface area (Å²) in [6.45, 7) is 5.71. The van der Waals surface area contributed by atoms with Crippen LogP contribution in [0.2, 0.25) is 0 Å². The monoisotopic (exact) mass is 420 g/mol. The van der Waals surface area contributed by atoms with Gasteiger partial charge >= 0.3 is 12.2 Å². The van der Waals surface area contributed by atoms with Crippen molar-refractivity contribution in [1.29, 1.82) is 0 Å². The quantitative estimate of drug-likeness (QED) is 0.648. The molecule has 0 aliphatic carbocycles. The van der Waals surface area contributed by atoms with Crippen molar-refractivity contribution < 1.29 is 27.9 Å². The number of halogens is 3. The minimum Gasteiger partial charge on any atom is -0.363 e. The van der Waals surface area contributed by atoms with E-state index in [1.165, 1.54) is 17.4 Å². The largest absolute Gasteiger partial charge is 0.437 e. The first-order valence-corrected chi connectivity index (χ1v) is 9.52. The summed E-state index contributed by atoms with van der Waals surface area (Å²) in [6.07, 6.45) is -5.27. The van der Waals surface area contributed by atoms with E-state index >= 15 is 0 Å². The molecular weight excluding hydrogens is 397 g/mol. The van der Waals surface area contributed by atoms with Crippen LogP contribution in [0.3, 0.4) is 0 Å². The molecule has 1 fully saturated rings. The van der Waals surface area contributed by atoms with Crippen molar-refractivity contribution in [3.05, 3.63) is 70.8 Å². The topological polar surface area (TPSA) is 78.4 Å². The fourth-order valence-corrected chi connectivity index (χ4v) is 3.60. The molecule has 1 aliphatic rings. The average Bonchev–Trinajstić information content (AvgIpc) is 2.66. The Labute approximate surface area is 172 Å². The van der Waals surface area contributed by atoms with Crippen LogP contribution in [-0.4, -0.2) is 28.8 Å². The Morgan fingerprint density at radius 3 is 2.13 bits per heavy atom. The lowest BCUT2D eigenvalue weighted by molar-refractivity contribution is -0.287. The molecule has 3 atom stereocenters. The van der Waals surface area contributed by atoms with Gasteiger partial charge in [-0.05, 0) is 24.0 Å². The van der Waals surface area contributed by atoms with E-state index in [1.54, 1.807) is 43.3 Å². The molecule has 2 amide bonds. The Bertz CT molecular complexity index is 940. The highest BCUT2D eigenvalue weighted by molar-refractivity contribution is 6.00. The highest BCUT2D eigenvalue weighted by Gasteiger charge is 2.66. The summed E-state index contributed by atoms with van der Waals surface area (Å²) < 4.78 is 41.7. The minimum absolute atomic E-state index is 0.00928. The summed E-state index contributed by atoms with van der Waals surface area (Å²) >= 11 is 0. The Morgan fingerprint density at radius 2 is 1.63 bits per heavy atom. The highest BCUT2D eigenvalue weighted by Crippen LogP contribution is 2.44. The third-order valence-electron chi connectivity index (χ3n) is 5.39. The smallest absolute Gasteiger partial charge is 0.363 e. The lowest BCUT2D eigenvalue weighted by atomic mass is 9.77. The van der Waals surface area contributed by atoms with Gasteiger partial charge in [-0.2, -0.15) is 13.2 Å². The predicted octanol–water partition coefficient (Wildman–Crippen LogP) is 4.22. The molecule has 0 bridgehead atoms. The van der Waals surface area contributed by atoms with Crippen molar-refractivity contribution in [3.63, 3.8) is 0 Å². The van der Waals surface area contributed by atoms with Crippen molar-refractivity contribution in [3.8, 4) is 0 Å². The van der Waals surface area contributed by atoms with Crippen LogP contribution in [0, 0.1) is 12.8 Å². The van der Waals surface area contributed by atoms with Gasteiger partial charge in [-0.3, -0.25) is 4.79 Å². The van der Waals surface area contributed by atoms with E-state index in [1.807, 2.05) is 13.8 Å². The predicted molar refractivity (Wildman–Crippen MR) is 105 cm³/mol. The molecule has 1 saturated heterocycles. The molecule has 3 N–H and O–H groups in total. The number of hydrogen-bond acceptors (Lipinski definition) is 3. The molecule has 1 aliphatic heterocycles. The van der Waals surface area contributed by atoms with Crippen molar-refractivity contribution >= 4 is 11.8 Å². The second-order valence-electron chi connectivity index (χ2n) is 7.87. The van der Waals surface area contributed by atoms with Crippen LogP contribution in [-0.2, 0) is 0 Å². The van der Waals surface area contributed by atoms with Gasteiger partial charge in [-0.1, -0.05) is 67.9 Å². The summed E-state index contributed by atoms with van der Waals surface area (Å²) in [5.41, 5.74) is -1.64. The number of benzene rings is 2. The molecule has 2 aromatic rings. The first-order chi connectivity index (χ1) is 13.9. The van der Waals surface area contributed by atoms with Crippen LogP contribution >= 0.6 is 0 Å². The van der Waals surface area contributed by atoms with E-state index in [0.29, 0.717) is 5.56 Å². The molecule has 1 heterocycles. The fourth-order valence-electron chi connectivity index (χ4n) is 3.60. The molecule has 8 heteroatoms. The molecular formula is C22H23F3N2O3. The van der Waals surface area contributed by atoms with Gasteiger partial charge in [-0.25, -0.2) is 4.79 Å². The molecule has 5 nitrogen and oxygen atoms in total. The van der Waals surface area contributed by atoms with E-state index in [2.05, 4.69) is 5.32 Å². The van der Waals surface area contributed by atoms with Crippen molar-refractivity contribution in [1.82, 2.24) is 10.6 Å². The molecule has 3 rings (SSSR count). The van der Waals surface area contributed by atoms with Crippen LogP contribution in [0.4, 0.5) is 18.0 Å². The average molecular weight is 420 g/mol. The minimum atomic E-state index is -5.27. The van der Waals surface area contributed by atoms with E-state index < -0.39 is 35.7 Å². The number of alkyl halides is 3. The third kappa shape index (κ3) is 3.92. The zero-order chi connectivity index (χ0) is 22.3. The number of carbonyl (C=O) groups is 2. The van der Waals surface area contributed by atoms with Gasteiger partial charge in [0.05, 0.1) is 6.04 Å². The second kappa shape index (κ2) is 7.75. The molecule has 2 aromatic carbocycles. The van der Waals surface area contributed by atoms with Gasteiger partial charge in [0, 0.05) is 5.56 Å². The summed E-state index contributed by atoms with van der Waals surface area (Å²) in [4.78, 5) is 25.2. The molecule has 0 saturated carbocycles. The summed E-state index contributed by atoms with van der Waals surface area (Å²) in [7, 11) is 0. The number of Topliss-reactive ketones (excluding diaryl/α,β-unsaturated/α-hetero) is 1. The number of amides is 2. The number of carbonyl (C=O) groups excluding carboxylic acids is 2. The van der Waals surface area contributed by atoms with E-state index in [0.717, 1.165) is 11.1 Å². The van der Waals surface area contributed by atoms with Crippen molar-refractivity contribution in [2.24, 2.45) is 5.92 Å². The van der Waals surface area contributed by atoms with Crippen LogP contribution in [0.25, 0.3) is 0 Å². The van der Waals surface area contributed by atoms with Crippen LogP contribution in [0.15, 0.2) is 48.5 Å². The lowest BCUT2D eigenvalue weighted by Gasteiger charge is -2.45. The summed E-state index contributed by atoms with van der Waals surface area (Å²) in [6, 6.07) is 10.0. The number of ketones is 1. The SMILES string of the molecule is Cc1ccc(C(=O)[C@H]2[C@H](c3ccc(C(C)C)cc3)NC(=O)N[C@]2(O)C(F)(F)F)cc1. The molecule has 0 aromatic heterocycles. The van der Waals surface area contributed by atoms with Gasteiger partial charge in [0.2, 0.25) is 5.72 Å². The number of nitrogens with one attached hydrogen (secondary N) is 2. The molecule has 0 radical (unpaired) electrons. The van der Waals surface area contributed by atoms with Gasteiger partial charge in [0.15, 0.2) is 5.78 Å². The zero-order valence-electron chi connectivity index (χ0n) is 16.7. The van der Waals surface area contributed by atoms with E-state index in [-0.39, 0.29) is 11.5 Å². The molecule has 0 spiro atoms. The molecule has 30 heavy (non-hydrogen) atoms. The molecule has 160 valence electrons. The maximum Gasteiger partial charge on any atom is 0.437 e. The number of aryl methyl sites for hydroxylation is 1. The Hall–Kier alpha value is -2.87. The standard InChI is InChI=1S/C22H23F3N2O3/c1-12(2)14-8-10-15(11-9-14)18-17(19(28)16-6-4-13(3)5-7-16)21(30,22(23,24)25)27-20(29)26-18/h4-12,17-18,30H,1-3H3,(H2,26,27,29)/t17-,18+,21-/m1/s1. The first-order valence-electron chi connectivity index (χ1n) is 9.52. The van der Waals surface area contributed by atoms with Gasteiger partial charge in [-0.15, -0.1) is 0 Å². The molecule has 0 unspecified atom stereocenters. The normalized spacial score (nSPS) is 24.3. The zero-order valence-corrected chi connectivity index (χ0v) is 16.7. The third-order valence-corrected chi connectivity index (χ3v) is 5.39. The first kappa shape index (κ1) is 21.8. The lowest BCUT2D eigenvalue weighted by Crippen LogP contribution is -2.72. The Morgan fingerprint density at radius 1 is 1.07 bits per heavy atom. The number of rotatable bonds is 4. The number of hydrogen-bond donors (Lipinski definition) is 3. The summed E-state index contributed by atoms with van der Waals surface area (Å²) in [5, 5.41) is 14.5.